The summed E-state index contributed by atoms with van der Waals surface area (Å²) < 4.78 is 0. The average Bonchev–Trinajstić information content (AvgIpc) is 1.64. The van der Waals surface area contributed by atoms with E-state index in [1.165, 1.54) is 0 Å². The lowest BCUT2D eigenvalue weighted by Gasteiger charge is -1.95. The Balaban J connectivity index is 4.35. The van der Waals surface area contributed by atoms with Gasteiger partial charge in [0.1, 0.15) is 4.91 Å². The average molecular weight is 167 g/mol. The van der Waals surface area contributed by atoms with Crippen molar-refractivity contribution in [2.75, 3.05) is 6.26 Å². The molecule has 0 heterocycles. The number of hydrogen-bond acceptors (Lipinski definition) is 2. The third-order valence-electron chi connectivity index (χ3n) is 0.711. The molecule has 52 valence electrons. The highest BCUT2D eigenvalue weighted by molar-refractivity contribution is 8.03. The summed E-state index contributed by atoms with van der Waals surface area (Å²) in [7, 11) is 0. The predicted octanol–water partition coefficient (Wildman–Crippen LogP) is 1.90. The summed E-state index contributed by atoms with van der Waals surface area (Å²) in [6.45, 7) is 1.56. The highest BCUT2D eigenvalue weighted by Crippen LogP contribution is 2.18. The first kappa shape index (κ1) is 8.85. The lowest BCUT2D eigenvalue weighted by molar-refractivity contribution is -0.131. The first-order chi connectivity index (χ1) is 4.09. The van der Waals surface area contributed by atoms with Crippen molar-refractivity contribution in [1.82, 2.24) is 0 Å². The largest absolute Gasteiger partial charge is 0.477 e. The van der Waals surface area contributed by atoms with E-state index in [2.05, 4.69) is 0 Å². The van der Waals surface area contributed by atoms with E-state index >= 15 is 0 Å². The van der Waals surface area contributed by atoms with Gasteiger partial charge in [-0.1, -0.05) is 11.6 Å². The van der Waals surface area contributed by atoms with Crippen LogP contribution in [0.5, 0.6) is 0 Å². The molecule has 0 rings (SSSR count). The van der Waals surface area contributed by atoms with Crippen molar-refractivity contribution in [3.05, 3.63) is 9.94 Å². The van der Waals surface area contributed by atoms with Crippen LogP contribution in [0.4, 0.5) is 0 Å². The highest BCUT2D eigenvalue weighted by atomic mass is 35.5. The summed E-state index contributed by atoms with van der Waals surface area (Å²) in [6, 6.07) is 0. The van der Waals surface area contributed by atoms with Gasteiger partial charge in [0.15, 0.2) is 0 Å². The minimum atomic E-state index is -0.963. The van der Waals surface area contributed by atoms with E-state index < -0.39 is 5.97 Å². The number of halogens is 1. The minimum absolute atomic E-state index is 0.205. The van der Waals surface area contributed by atoms with Crippen molar-refractivity contribution in [3.63, 3.8) is 0 Å². The van der Waals surface area contributed by atoms with Crippen LogP contribution in [0.2, 0.25) is 0 Å². The van der Waals surface area contributed by atoms with E-state index in [-0.39, 0.29) is 4.91 Å². The summed E-state index contributed by atoms with van der Waals surface area (Å²) in [4.78, 5) is 10.4. The molecule has 0 aromatic carbocycles. The van der Waals surface area contributed by atoms with Gasteiger partial charge in [-0.25, -0.2) is 4.79 Å². The molecule has 0 fully saturated rings. The molecule has 0 saturated heterocycles. The van der Waals surface area contributed by atoms with Gasteiger partial charge in [0.05, 0.1) is 0 Å². The zero-order valence-corrected chi connectivity index (χ0v) is 6.71. The summed E-state index contributed by atoms with van der Waals surface area (Å²) in [5.41, 5.74) is 0. The molecule has 0 amide bonds. The summed E-state index contributed by atoms with van der Waals surface area (Å²) >= 11 is 6.55. The zero-order chi connectivity index (χ0) is 7.44. The van der Waals surface area contributed by atoms with Gasteiger partial charge < -0.3 is 5.11 Å². The van der Waals surface area contributed by atoms with Crippen LogP contribution in [0.25, 0.3) is 0 Å². The van der Waals surface area contributed by atoms with Gasteiger partial charge in [0, 0.05) is 5.03 Å². The van der Waals surface area contributed by atoms with Crippen LogP contribution in [0.15, 0.2) is 9.94 Å². The third kappa shape index (κ3) is 2.77. The number of aliphatic carboxylic acids is 1. The van der Waals surface area contributed by atoms with Crippen molar-refractivity contribution in [3.8, 4) is 0 Å². The Morgan fingerprint density at radius 1 is 1.67 bits per heavy atom. The number of hydrogen-bond donors (Lipinski definition) is 1. The van der Waals surface area contributed by atoms with Gasteiger partial charge in [0.2, 0.25) is 0 Å². The zero-order valence-electron chi connectivity index (χ0n) is 5.14. The summed E-state index contributed by atoms with van der Waals surface area (Å²) in [6.07, 6.45) is 1.68. The fourth-order valence-electron chi connectivity index (χ4n) is 0.375. The van der Waals surface area contributed by atoms with Crippen molar-refractivity contribution in [2.45, 2.75) is 6.92 Å². The molecule has 0 unspecified atom stereocenters. The summed E-state index contributed by atoms with van der Waals surface area (Å²) in [5, 5.41) is 8.71. The normalized spacial score (nSPS) is 12.8. The Hall–Kier alpha value is -0.150. The molecule has 2 nitrogen and oxygen atoms in total. The van der Waals surface area contributed by atoms with Crippen LogP contribution in [0.1, 0.15) is 6.92 Å². The number of allylic oxidation sites excluding steroid dienone is 1. The smallest absolute Gasteiger partial charge is 0.343 e. The maximum atomic E-state index is 10.2. The molecule has 9 heavy (non-hydrogen) atoms. The minimum Gasteiger partial charge on any atom is -0.477 e. The molecule has 0 atom stereocenters. The molecule has 0 saturated carbocycles. The molecular formula is C5H7ClO2S. The van der Waals surface area contributed by atoms with E-state index in [0.717, 1.165) is 11.8 Å². The fraction of sp³-hybridized carbons (Fsp3) is 0.400. The highest BCUT2D eigenvalue weighted by Gasteiger charge is 2.06. The van der Waals surface area contributed by atoms with Crippen molar-refractivity contribution in [2.24, 2.45) is 0 Å². The second-order valence-corrected chi connectivity index (χ2v) is 2.76. The predicted molar refractivity (Wildman–Crippen MR) is 39.7 cm³/mol. The number of carboxylic acids is 1. The Bertz CT molecular complexity index is 149. The molecule has 0 spiro atoms. The van der Waals surface area contributed by atoms with E-state index in [9.17, 15) is 4.79 Å². The maximum absolute atomic E-state index is 10.2. The van der Waals surface area contributed by atoms with Crippen molar-refractivity contribution in [1.29, 1.82) is 0 Å². The molecule has 0 aliphatic rings. The number of rotatable bonds is 2. The summed E-state index contributed by atoms with van der Waals surface area (Å²) in [5.74, 6) is -0.963. The van der Waals surface area contributed by atoms with E-state index in [0.29, 0.717) is 5.03 Å². The monoisotopic (exact) mass is 166 g/mol. The van der Waals surface area contributed by atoms with Gasteiger partial charge in [-0.15, -0.1) is 11.8 Å². The molecule has 0 aliphatic carbocycles. The first-order valence-electron chi connectivity index (χ1n) is 2.23. The fourth-order valence-corrected chi connectivity index (χ4v) is 1.14. The Kier molecular flexibility index (Phi) is 3.73. The van der Waals surface area contributed by atoms with Crippen LogP contribution in [0.3, 0.4) is 0 Å². The van der Waals surface area contributed by atoms with Crippen LogP contribution in [0, 0.1) is 0 Å². The van der Waals surface area contributed by atoms with Gasteiger partial charge in [-0.3, -0.25) is 0 Å². The van der Waals surface area contributed by atoms with Gasteiger partial charge >= 0.3 is 5.97 Å². The number of thioether (sulfide) groups is 1. The standard InChI is InChI=1S/C5H7ClO2S/c1-3(6)4(9-2)5(7)8/h1-2H3,(H,7,8)/b4-3+. The Morgan fingerprint density at radius 3 is 2.11 bits per heavy atom. The van der Waals surface area contributed by atoms with E-state index in [1.807, 2.05) is 0 Å². The molecular weight excluding hydrogens is 160 g/mol. The number of carboxylic acid groups (broad SMARTS) is 1. The van der Waals surface area contributed by atoms with E-state index in [1.54, 1.807) is 13.2 Å². The Morgan fingerprint density at radius 2 is 2.11 bits per heavy atom. The van der Waals surface area contributed by atoms with Crippen molar-refractivity contribution < 1.29 is 9.90 Å². The third-order valence-corrected chi connectivity index (χ3v) is 1.90. The van der Waals surface area contributed by atoms with Gasteiger partial charge in [-0.05, 0) is 13.2 Å². The molecule has 0 radical (unpaired) electrons. The van der Waals surface area contributed by atoms with Crippen LogP contribution < -0.4 is 0 Å². The molecule has 0 aromatic heterocycles. The van der Waals surface area contributed by atoms with E-state index in [4.69, 9.17) is 16.7 Å². The lowest BCUT2D eigenvalue weighted by Crippen LogP contribution is -1.96. The Labute approximate surface area is 62.9 Å². The van der Waals surface area contributed by atoms with Gasteiger partial charge in [0.25, 0.3) is 0 Å². The topological polar surface area (TPSA) is 37.3 Å². The molecule has 4 heteroatoms. The van der Waals surface area contributed by atoms with Crippen LogP contribution in [-0.2, 0) is 4.79 Å². The number of carbonyl (C=O) groups is 1. The van der Waals surface area contributed by atoms with Gasteiger partial charge in [-0.2, -0.15) is 0 Å². The van der Waals surface area contributed by atoms with Crippen molar-refractivity contribution >= 4 is 29.3 Å². The lowest BCUT2D eigenvalue weighted by atomic mass is 10.5. The maximum Gasteiger partial charge on any atom is 0.343 e. The molecule has 0 aromatic rings. The molecule has 0 bridgehead atoms. The van der Waals surface area contributed by atoms with Crippen LogP contribution in [-0.4, -0.2) is 17.3 Å². The first-order valence-corrected chi connectivity index (χ1v) is 3.83. The quantitative estimate of drug-likeness (QED) is 0.637. The second-order valence-electron chi connectivity index (χ2n) is 1.37. The second kappa shape index (κ2) is 3.80. The molecule has 0 aliphatic heterocycles. The SMILES string of the molecule is CS/C(C(=O)O)=C(\C)Cl. The molecule has 1 N–H and O–H groups in total. The van der Waals surface area contributed by atoms with Crippen LogP contribution >= 0.6 is 23.4 Å².